The number of methoxy groups -OCH3 is 1. The molecule has 0 spiro atoms. The van der Waals surface area contributed by atoms with E-state index in [2.05, 4.69) is 4.98 Å². The summed E-state index contributed by atoms with van der Waals surface area (Å²) in [4.78, 5) is 25.1. The first-order valence-electron chi connectivity index (χ1n) is 8.60. The van der Waals surface area contributed by atoms with Crippen LogP contribution < -0.4 is 4.90 Å². The Morgan fingerprint density at radius 3 is 2.92 bits per heavy atom. The Hall–Kier alpha value is -2.54. The van der Waals surface area contributed by atoms with E-state index in [1.165, 1.54) is 19.2 Å². The van der Waals surface area contributed by atoms with Crippen LogP contribution in [0.15, 0.2) is 30.5 Å². The number of hydrogen-bond donors (Lipinski definition) is 0. The van der Waals surface area contributed by atoms with Crippen molar-refractivity contribution in [2.75, 3.05) is 39.3 Å². The number of benzene rings is 1. The molecule has 0 bridgehead atoms. The monoisotopic (exact) mass is 358 g/mol. The van der Waals surface area contributed by atoms with Gasteiger partial charge in [0.25, 0.3) is 0 Å². The average molecular weight is 358 g/mol. The summed E-state index contributed by atoms with van der Waals surface area (Å²) in [5, 5.41) is 0. The molecule has 0 unspecified atom stereocenters. The summed E-state index contributed by atoms with van der Waals surface area (Å²) in [6.45, 7) is 0.703. The van der Waals surface area contributed by atoms with Crippen LogP contribution in [-0.2, 0) is 9.53 Å². The molecule has 7 heteroatoms. The second-order valence-corrected chi connectivity index (χ2v) is 6.55. The van der Waals surface area contributed by atoms with Crippen molar-refractivity contribution in [1.82, 2.24) is 14.9 Å². The fraction of sp³-hybridized carbons (Fsp3) is 0.421. The van der Waals surface area contributed by atoms with E-state index in [1.54, 1.807) is 17.2 Å². The zero-order valence-corrected chi connectivity index (χ0v) is 15.3. The van der Waals surface area contributed by atoms with Crippen LogP contribution in [0.2, 0.25) is 0 Å². The van der Waals surface area contributed by atoms with Gasteiger partial charge in [0.15, 0.2) is 0 Å². The highest BCUT2D eigenvalue weighted by molar-refractivity contribution is 5.79. The lowest BCUT2D eigenvalue weighted by molar-refractivity contribution is -0.136. The standard InChI is InChI=1S/C19H23FN4O2/c1-23(2)19-21-11-15(13-6-4-7-14(20)10-13)18(22-19)16-8-5-9-24(16)17(25)12-26-3/h4,6-7,10-11,16H,5,8-9,12H2,1-3H3/t16-/m1/s1. The molecule has 0 N–H and O–H groups in total. The predicted molar refractivity (Wildman–Crippen MR) is 97.3 cm³/mol. The van der Waals surface area contributed by atoms with Crippen LogP contribution in [0.5, 0.6) is 0 Å². The fourth-order valence-electron chi connectivity index (χ4n) is 3.29. The van der Waals surface area contributed by atoms with Crippen molar-refractivity contribution in [1.29, 1.82) is 0 Å². The van der Waals surface area contributed by atoms with Gasteiger partial charge in [-0.05, 0) is 30.5 Å². The van der Waals surface area contributed by atoms with E-state index in [1.807, 2.05) is 25.1 Å². The summed E-state index contributed by atoms with van der Waals surface area (Å²) in [6.07, 6.45) is 3.41. The van der Waals surface area contributed by atoms with Crippen LogP contribution in [-0.4, -0.2) is 55.1 Å². The quantitative estimate of drug-likeness (QED) is 0.822. The third kappa shape index (κ3) is 3.67. The van der Waals surface area contributed by atoms with Gasteiger partial charge in [0, 0.05) is 39.5 Å². The second kappa shape index (κ2) is 7.78. The van der Waals surface area contributed by atoms with E-state index in [0.717, 1.165) is 24.1 Å². The van der Waals surface area contributed by atoms with Gasteiger partial charge in [0.1, 0.15) is 12.4 Å². The lowest BCUT2D eigenvalue weighted by Gasteiger charge is -2.26. The third-order valence-corrected chi connectivity index (χ3v) is 4.50. The van der Waals surface area contributed by atoms with Crippen molar-refractivity contribution >= 4 is 11.9 Å². The van der Waals surface area contributed by atoms with E-state index in [-0.39, 0.29) is 24.4 Å². The molecule has 6 nitrogen and oxygen atoms in total. The number of amides is 1. The number of hydrogen-bond acceptors (Lipinski definition) is 5. The van der Waals surface area contributed by atoms with E-state index in [9.17, 15) is 9.18 Å². The van der Waals surface area contributed by atoms with E-state index >= 15 is 0 Å². The van der Waals surface area contributed by atoms with Crippen LogP contribution in [0.25, 0.3) is 11.1 Å². The van der Waals surface area contributed by atoms with Crippen LogP contribution in [0.1, 0.15) is 24.6 Å². The van der Waals surface area contributed by atoms with Gasteiger partial charge in [-0.3, -0.25) is 4.79 Å². The molecular formula is C19H23FN4O2. The van der Waals surface area contributed by atoms with Crippen LogP contribution in [0.4, 0.5) is 10.3 Å². The summed E-state index contributed by atoms with van der Waals surface area (Å²) in [5.41, 5.74) is 2.20. The molecule has 1 aliphatic rings. The largest absolute Gasteiger partial charge is 0.375 e. The first-order valence-corrected chi connectivity index (χ1v) is 8.60. The summed E-state index contributed by atoms with van der Waals surface area (Å²) in [6, 6.07) is 6.20. The molecule has 1 aromatic heterocycles. The molecule has 1 aromatic carbocycles. The summed E-state index contributed by atoms with van der Waals surface area (Å²) < 4.78 is 18.8. The number of halogens is 1. The van der Waals surface area contributed by atoms with Gasteiger partial charge in [-0.1, -0.05) is 12.1 Å². The smallest absolute Gasteiger partial charge is 0.249 e. The highest BCUT2D eigenvalue weighted by atomic mass is 19.1. The Morgan fingerprint density at radius 2 is 2.23 bits per heavy atom. The number of aromatic nitrogens is 2. The molecular weight excluding hydrogens is 335 g/mol. The topological polar surface area (TPSA) is 58.6 Å². The van der Waals surface area contributed by atoms with Crippen molar-refractivity contribution in [3.05, 3.63) is 42.0 Å². The van der Waals surface area contributed by atoms with Crippen molar-refractivity contribution in [3.63, 3.8) is 0 Å². The molecule has 3 rings (SSSR count). The Morgan fingerprint density at radius 1 is 1.42 bits per heavy atom. The maximum atomic E-state index is 13.7. The molecule has 1 atom stereocenters. The van der Waals surface area contributed by atoms with E-state index in [4.69, 9.17) is 9.72 Å². The minimum atomic E-state index is -0.316. The minimum Gasteiger partial charge on any atom is -0.375 e. The number of carbonyl (C=O) groups excluding carboxylic acids is 1. The number of carbonyl (C=O) groups is 1. The zero-order chi connectivity index (χ0) is 18.7. The van der Waals surface area contributed by atoms with Gasteiger partial charge in [-0.25, -0.2) is 14.4 Å². The zero-order valence-electron chi connectivity index (χ0n) is 15.3. The molecule has 0 saturated carbocycles. The molecule has 0 aliphatic carbocycles. The van der Waals surface area contributed by atoms with Crippen LogP contribution in [0, 0.1) is 5.82 Å². The maximum Gasteiger partial charge on any atom is 0.249 e. The van der Waals surface area contributed by atoms with Crippen molar-refractivity contribution in [2.45, 2.75) is 18.9 Å². The number of anilines is 1. The summed E-state index contributed by atoms with van der Waals surface area (Å²) in [7, 11) is 5.24. The van der Waals surface area contributed by atoms with Crippen molar-refractivity contribution < 1.29 is 13.9 Å². The molecule has 1 saturated heterocycles. The maximum absolute atomic E-state index is 13.7. The van der Waals surface area contributed by atoms with E-state index in [0.29, 0.717) is 18.1 Å². The fourth-order valence-corrected chi connectivity index (χ4v) is 3.29. The van der Waals surface area contributed by atoms with Crippen molar-refractivity contribution in [2.24, 2.45) is 0 Å². The SMILES string of the molecule is COCC(=O)N1CCC[C@@H]1c1nc(N(C)C)ncc1-c1cccc(F)c1. The summed E-state index contributed by atoms with van der Waals surface area (Å²) in [5.74, 6) is 0.181. The van der Waals surface area contributed by atoms with Crippen molar-refractivity contribution in [3.8, 4) is 11.1 Å². The molecule has 0 radical (unpaired) electrons. The molecule has 2 heterocycles. The highest BCUT2D eigenvalue weighted by Crippen LogP contribution is 2.37. The van der Waals surface area contributed by atoms with Gasteiger partial charge in [-0.15, -0.1) is 0 Å². The Kier molecular flexibility index (Phi) is 5.46. The third-order valence-electron chi connectivity index (χ3n) is 4.50. The molecule has 1 fully saturated rings. The second-order valence-electron chi connectivity index (χ2n) is 6.55. The Balaban J connectivity index is 2.08. The Bertz CT molecular complexity index is 797. The molecule has 2 aromatic rings. The van der Waals surface area contributed by atoms with Crippen LogP contribution in [0.3, 0.4) is 0 Å². The number of ether oxygens (including phenoxy) is 1. The number of rotatable bonds is 5. The normalized spacial score (nSPS) is 16.8. The Labute approximate surface area is 152 Å². The molecule has 1 amide bonds. The summed E-state index contributed by atoms with van der Waals surface area (Å²) >= 11 is 0. The lowest BCUT2D eigenvalue weighted by Crippen LogP contribution is -2.34. The highest BCUT2D eigenvalue weighted by Gasteiger charge is 2.33. The average Bonchev–Trinajstić information content (AvgIpc) is 3.11. The molecule has 1 aliphatic heterocycles. The lowest BCUT2D eigenvalue weighted by atomic mass is 9.99. The first-order chi connectivity index (χ1) is 12.5. The number of nitrogens with zero attached hydrogens (tertiary/aromatic N) is 4. The number of likely N-dealkylation sites (tertiary alicyclic amines) is 1. The van der Waals surface area contributed by atoms with E-state index < -0.39 is 0 Å². The molecule has 26 heavy (non-hydrogen) atoms. The minimum absolute atomic E-state index is 0.0391. The van der Waals surface area contributed by atoms with Gasteiger partial charge >= 0.3 is 0 Å². The molecule has 138 valence electrons. The van der Waals surface area contributed by atoms with Crippen LogP contribution >= 0.6 is 0 Å². The first kappa shape index (κ1) is 18.3. The van der Waals surface area contributed by atoms with Gasteiger partial charge in [0.05, 0.1) is 11.7 Å². The van der Waals surface area contributed by atoms with Gasteiger partial charge in [0.2, 0.25) is 11.9 Å². The van der Waals surface area contributed by atoms with Gasteiger partial charge in [-0.2, -0.15) is 0 Å². The predicted octanol–water partition coefficient (Wildman–Crippen LogP) is 2.66. The van der Waals surface area contributed by atoms with Gasteiger partial charge < -0.3 is 14.5 Å².